The number of aliphatic hydroxyl groups excluding tert-OH is 1. The predicted octanol–water partition coefficient (Wildman–Crippen LogP) is 1.73. The molecule has 5 heteroatoms. The number of hydrogen-bond donors (Lipinski definition) is 2. The Bertz CT molecular complexity index is 561. The first-order chi connectivity index (χ1) is 8.58. The fourth-order valence-electron chi connectivity index (χ4n) is 1.67. The summed E-state index contributed by atoms with van der Waals surface area (Å²) in [4.78, 5) is 11.9. The van der Waals surface area contributed by atoms with Crippen molar-refractivity contribution in [3.05, 3.63) is 47.8 Å². The highest BCUT2D eigenvalue weighted by Crippen LogP contribution is 2.17. The number of carbonyl (C=O) groups excluding carboxylic acids is 1. The molecule has 5 nitrogen and oxygen atoms in total. The zero-order valence-electron chi connectivity index (χ0n) is 10.3. The first kappa shape index (κ1) is 12.3. The summed E-state index contributed by atoms with van der Waals surface area (Å²) in [6.07, 6.45) is 1.01. The minimum Gasteiger partial charge on any atom is -0.389 e. The van der Waals surface area contributed by atoms with Crippen molar-refractivity contribution in [1.82, 2.24) is 9.78 Å². The predicted molar refractivity (Wildman–Crippen MR) is 68.2 cm³/mol. The number of nitrogens with one attached hydrogen (secondary N) is 1. The largest absolute Gasteiger partial charge is 0.389 e. The summed E-state index contributed by atoms with van der Waals surface area (Å²) in [6.45, 7) is 1.68. The average Bonchev–Trinajstić information content (AvgIpc) is 2.76. The van der Waals surface area contributed by atoms with Gasteiger partial charge in [0.25, 0.3) is 5.91 Å². The summed E-state index contributed by atoms with van der Waals surface area (Å²) < 4.78 is 1.51. The molecule has 0 aliphatic carbocycles. The summed E-state index contributed by atoms with van der Waals surface area (Å²) in [5.74, 6) is -0.224. The summed E-state index contributed by atoms with van der Waals surface area (Å²) in [5, 5.41) is 16.2. The Hall–Kier alpha value is -2.14. The molecule has 0 spiro atoms. The van der Waals surface area contributed by atoms with E-state index in [2.05, 4.69) is 10.4 Å². The Morgan fingerprint density at radius 3 is 2.83 bits per heavy atom. The van der Waals surface area contributed by atoms with Crippen LogP contribution >= 0.6 is 0 Å². The van der Waals surface area contributed by atoms with Gasteiger partial charge in [0.05, 0.1) is 6.10 Å². The van der Waals surface area contributed by atoms with Crippen molar-refractivity contribution in [2.24, 2.45) is 7.05 Å². The molecule has 94 valence electrons. The number of aryl methyl sites for hydroxylation is 1. The second-order valence-electron chi connectivity index (χ2n) is 4.10. The molecule has 2 N–H and O–H groups in total. The van der Waals surface area contributed by atoms with E-state index < -0.39 is 6.10 Å². The van der Waals surface area contributed by atoms with Gasteiger partial charge in [-0.2, -0.15) is 5.10 Å². The van der Waals surface area contributed by atoms with E-state index in [0.29, 0.717) is 11.4 Å². The third kappa shape index (κ3) is 2.57. The van der Waals surface area contributed by atoms with Crippen molar-refractivity contribution in [3.8, 4) is 0 Å². The molecule has 0 aliphatic heterocycles. The van der Waals surface area contributed by atoms with E-state index in [1.807, 2.05) is 6.07 Å². The molecule has 1 atom stereocenters. The summed E-state index contributed by atoms with van der Waals surface area (Å²) in [6, 6.07) is 8.78. The molecule has 2 aromatic rings. The number of nitrogens with zero attached hydrogens (tertiary/aromatic N) is 2. The number of aliphatic hydroxyl groups is 1. The molecular weight excluding hydrogens is 230 g/mol. The third-order valence-corrected chi connectivity index (χ3v) is 2.68. The van der Waals surface area contributed by atoms with E-state index in [4.69, 9.17) is 0 Å². The maximum Gasteiger partial charge on any atom is 0.273 e. The van der Waals surface area contributed by atoms with E-state index >= 15 is 0 Å². The van der Waals surface area contributed by atoms with Crippen LogP contribution in [0.5, 0.6) is 0 Å². The smallest absolute Gasteiger partial charge is 0.273 e. The van der Waals surface area contributed by atoms with Crippen molar-refractivity contribution in [2.45, 2.75) is 13.0 Å². The number of rotatable bonds is 3. The van der Waals surface area contributed by atoms with Gasteiger partial charge in [0.2, 0.25) is 0 Å². The van der Waals surface area contributed by atoms with Crippen LogP contribution < -0.4 is 5.32 Å². The van der Waals surface area contributed by atoms with Gasteiger partial charge < -0.3 is 10.4 Å². The van der Waals surface area contributed by atoms with Crippen molar-refractivity contribution in [2.75, 3.05) is 5.32 Å². The van der Waals surface area contributed by atoms with E-state index in [9.17, 15) is 9.90 Å². The monoisotopic (exact) mass is 245 g/mol. The lowest BCUT2D eigenvalue weighted by atomic mass is 10.1. The number of amides is 1. The fraction of sp³-hybridized carbons (Fsp3) is 0.231. The van der Waals surface area contributed by atoms with Gasteiger partial charge in [0.15, 0.2) is 0 Å². The van der Waals surface area contributed by atoms with Gasteiger partial charge in [0.1, 0.15) is 5.69 Å². The highest BCUT2D eigenvalue weighted by molar-refractivity contribution is 6.03. The molecule has 0 saturated heterocycles. The summed E-state index contributed by atoms with van der Waals surface area (Å²) in [7, 11) is 1.71. The molecule has 1 unspecified atom stereocenters. The topological polar surface area (TPSA) is 67.2 Å². The minimum atomic E-state index is -0.557. The number of aromatic nitrogens is 2. The van der Waals surface area contributed by atoms with Crippen LogP contribution in [0, 0.1) is 0 Å². The Kier molecular flexibility index (Phi) is 3.43. The lowest BCUT2D eigenvalue weighted by molar-refractivity contribution is 0.101. The Morgan fingerprint density at radius 2 is 2.22 bits per heavy atom. The average molecular weight is 245 g/mol. The highest BCUT2D eigenvalue weighted by Gasteiger charge is 2.10. The standard InChI is InChI=1S/C13H15N3O2/c1-9(17)10-4-3-5-11(8-10)15-13(18)12-6-7-14-16(12)2/h3-9,17H,1-2H3,(H,15,18). The first-order valence-corrected chi connectivity index (χ1v) is 5.65. The second kappa shape index (κ2) is 5.01. The molecule has 0 radical (unpaired) electrons. The maximum atomic E-state index is 11.9. The van der Waals surface area contributed by atoms with Crippen LogP contribution in [0.1, 0.15) is 29.1 Å². The van der Waals surface area contributed by atoms with Crippen LogP contribution in [0.4, 0.5) is 5.69 Å². The molecule has 0 saturated carbocycles. The van der Waals surface area contributed by atoms with Gasteiger partial charge in [-0.15, -0.1) is 0 Å². The lowest BCUT2D eigenvalue weighted by Crippen LogP contribution is -2.16. The molecule has 0 bridgehead atoms. The molecule has 1 amide bonds. The molecule has 18 heavy (non-hydrogen) atoms. The summed E-state index contributed by atoms with van der Waals surface area (Å²) in [5.41, 5.74) is 1.90. The van der Waals surface area contributed by atoms with E-state index in [0.717, 1.165) is 5.56 Å². The summed E-state index contributed by atoms with van der Waals surface area (Å²) >= 11 is 0. The van der Waals surface area contributed by atoms with Crippen LogP contribution in [0.25, 0.3) is 0 Å². The Morgan fingerprint density at radius 1 is 1.44 bits per heavy atom. The van der Waals surface area contributed by atoms with Gasteiger partial charge in [0, 0.05) is 18.9 Å². The third-order valence-electron chi connectivity index (χ3n) is 2.68. The number of carbonyl (C=O) groups is 1. The van der Waals surface area contributed by atoms with Crippen LogP contribution in [0.15, 0.2) is 36.5 Å². The molecule has 0 aliphatic rings. The van der Waals surface area contributed by atoms with Crippen LogP contribution in [-0.2, 0) is 7.05 Å². The molecule has 1 aromatic carbocycles. The van der Waals surface area contributed by atoms with Gasteiger partial charge in [-0.25, -0.2) is 0 Å². The fourth-order valence-corrected chi connectivity index (χ4v) is 1.67. The van der Waals surface area contributed by atoms with Gasteiger partial charge in [-0.05, 0) is 30.7 Å². The van der Waals surface area contributed by atoms with Crippen LogP contribution in [0.3, 0.4) is 0 Å². The zero-order valence-corrected chi connectivity index (χ0v) is 10.3. The molecule has 2 rings (SSSR count). The van der Waals surface area contributed by atoms with Gasteiger partial charge in [-0.1, -0.05) is 12.1 Å². The minimum absolute atomic E-state index is 0.224. The maximum absolute atomic E-state index is 11.9. The Labute approximate surface area is 105 Å². The van der Waals surface area contributed by atoms with Gasteiger partial charge >= 0.3 is 0 Å². The molecular formula is C13H15N3O2. The van der Waals surface area contributed by atoms with Crippen molar-refractivity contribution >= 4 is 11.6 Å². The van der Waals surface area contributed by atoms with Crippen molar-refractivity contribution in [1.29, 1.82) is 0 Å². The van der Waals surface area contributed by atoms with Crippen molar-refractivity contribution < 1.29 is 9.90 Å². The molecule has 0 fully saturated rings. The molecule has 1 aromatic heterocycles. The van der Waals surface area contributed by atoms with E-state index in [-0.39, 0.29) is 5.91 Å². The van der Waals surface area contributed by atoms with Gasteiger partial charge in [-0.3, -0.25) is 9.48 Å². The molecule has 1 heterocycles. The van der Waals surface area contributed by atoms with E-state index in [1.54, 1.807) is 44.4 Å². The van der Waals surface area contributed by atoms with E-state index in [1.165, 1.54) is 4.68 Å². The first-order valence-electron chi connectivity index (χ1n) is 5.65. The normalized spacial score (nSPS) is 12.2. The lowest BCUT2D eigenvalue weighted by Gasteiger charge is -2.09. The number of anilines is 1. The highest BCUT2D eigenvalue weighted by atomic mass is 16.3. The Balaban J connectivity index is 2.17. The second-order valence-corrected chi connectivity index (χ2v) is 4.10. The van der Waals surface area contributed by atoms with Crippen LogP contribution in [0.2, 0.25) is 0 Å². The quantitative estimate of drug-likeness (QED) is 0.865. The SMILES string of the molecule is CC(O)c1cccc(NC(=O)c2ccnn2C)c1. The van der Waals surface area contributed by atoms with Crippen LogP contribution in [-0.4, -0.2) is 20.8 Å². The van der Waals surface area contributed by atoms with Crippen molar-refractivity contribution in [3.63, 3.8) is 0 Å². The number of benzene rings is 1. The number of hydrogen-bond acceptors (Lipinski definition) is 3. The zero-order chi connectivity index (χ0) is 13.1.